The number of hydrogen-bond donors (Lipinski definition) is 3. The van der Waals surface area contributed by atoms with E-state index in [2.05, 4.69) is 10.7 Å². The zero-order chi connectivity index (χ0) is 13.0. The lowest BCUT2D eigenvalue weighted by Gasteiger charge is -2.18. The van der Waals surface area contributed by atoms with E-state index in [-0.39, 0.29) is 23.2 Å². The Balaban J connectivity index is 2.93. The maximum atomic E-state index is 13.4. The molecule has 0 saturated heterocycles. The number of amides is 1. The number of nitrogens with one attached hydrogen (secondary N) is 2. The summed E-state index contributed by atoms with van der Waals surface area (Å²) in [6.45, 7) is 5.90. The molecule has 94 valence electrons. The number of para-hydroxylation sites is 1. The van der Waals surface area contributed by atoms with Crippen LogP contribution in [-0.4, -0.2) is 11.9 Å². The third-order valence-corrected chi connectivity index (χ3v) is 2.76. The van der Waals surface area contributed by atoms with Crippen LogP contribution in [0.25, 0.3) is 0 Å². The Morgan fingerprint density at radius 2 is 2.00 bits per heavy atom. The molecule has 4 nitrogen and oxygen atoms in total. The van der Waals surface area contributed by atoms with Crippen molar-refractivity contribution in [2.24, 2.45) is 11.8 Å². The Hall–Kier alpha value is -1.62. The molecule has 0 aliphatic rings. The summed E-state index contributed by atoms with van der Waals surface area (Å²) in [5, 5.41) is 2.80. The molecule has 0 radical (unpaired) electrons. The van der Waals surface area contributed by atoms with E-state index in [1.165, 1.54) is 18.2 Å². The monoisotopic (exact) mass is 239 g/mol. The lowest BCUT2D eigenvalue weighted by atomic mass is 10.1. The second kappa shape index (κ2) is 5.63. The van der Waals surface area contributed by atoms with Gasteiger partial charge in [0.15, 0.2) is 0 Å². The highest BCUT2D eigenvalue weighted by Gasteiger charge is 2.17. The van der Waals surface area contributed by atoms with Crippen molar-refractivity contribution in [1.82, 2.24) is 5.32 Å². The van der Waals surface area contributed by atoms with E-state index in [4.69, 9.17) is 5.84 Å². The first-order valence-corrected chi connectivity index (χ1v) is 5.53. The number of hydrazine groups is 1. The number of halogens is 1. The standard InChI is InChI=1S/C12H18FN3O/c1-7(2)8(3)15-12(17)9-5-4-6-10(13)11(9)16-14/h4-8,16H,14H2,1-3H3,(H,15,17). The molecule has 0 heterocycles. The van der Waals surface area contributed by atoms with Gasteiger partial charge >= 0.3 is 0 Å². The smallest absolute Gasteiger partial charge is 0.253 e. The second-order valence-corrected chi connectivity index (χ2v) is 4.31. The van der Waals surface area contributed by atoms with Crippen LogP contribution < -0.4 is 16.6 Å². The molecule has 0 fully saturated rings. The summed E-state index contributed by atoms with van der Waals surface area (Å²) in [5.74, 6) is 4.64. The number of hydrogen-bond acceptors (Lipinski definition) is 3. The van der Waals surface area contributed by atoms with E-state index in [1.54, 1.807) is 0 Å². The molecule has 4 N–H and O–H groups in total. The molecule has 0 aliphatic heterocycles. The Morgan fingerprint density at radius 1 is 1.35 bits per heavy atom. The molecular weight excluding hydrogens is 221 g/mol. The minimum atomic E-state index is -0.544. The predicted molar refractivity (Wildman–Crippen MR) is 66.0 cm³/mol. The van der Waals surface area contributed by atoms with E-state index in [0.717, 1.165) is 0 Å². The van der Waals surface area contributed by atoms with Crippen molar-refractivity contribution in [1.29, 1.82) is 0 Å². The van der Waals surface area contributed by atoms with Gasteiger partial charge in [0.2, 0.25) is 0 Å². The van der Waals surface area contributed by atoms with E-state index < -0.39 is 5.82 Å². The van der Waals surface area contributed by atoms with Crippen LogP contribution in [0.15, 0.2) is 18.2 Å². The number of rotatable bonds is 4. The van der Waals surface area contributed by atoms with Gasteiger partial charge in [0.05, 0.1) is 11.3 Å². The minimum Gasteiger partial charge on any atom is -0.349 e. The van der Waals surface area contributed by atoms with Crippen LogP contribution in [0.5, 0.6) is 0 Å². The topological polar surface area (TPSA) is 67.2 Å². The number of carbonyl (C=O) groups excluding carboxylic acids is 1. The molecule has 0 aliphatic carbocycles. The molecule has 1 atom stereocenters. The molecule has 0 saturated carbocycles. The lowest BCUT2D eigenvalue weighted by molar-refractivity contribution is 0.0931. The van der Waals surface area contributed by atoms with E-state index in [1.807, 2.05) is 20.8 Å². The molecule has 0 aromatic heterocycles. The van der Waals surface area contributed by atoms with Crippen molar-refractivity contribution in [3.63, 3.8) is 0 Å². The maximum absolute atomic E-state index is 13.4. The summed E-state index contributed by atoms with van der Waals surface area (Å²) >= 11 is 0. The minimum absolute atomic E-state index is 0.0105. The first-order valence-electron chi connectivity index (χ1n) is 5.53. The van der Waals surface area contributed by atoms with Gasteiger partial charge in [0.1, 0.15) is 5.82 Å². The molecule has 5 heteroatoms. The highest BCUT2D eigenvalue weighted by atomic mass is 19.1. The van der Waals surface area contributed by atoms with Crippen molar-refractivity contribution in [2.75, 3.05) is 5.43 Å². The zero-order valence-corrected chi connectivity index (χ0v) is 10.3. The van der Waals surface area contributed by atoms with Crippen molar-refractivity contribution in [3.05, 3.63) is 29.6 Å². The maximum Gasteiger partial charge on any atom is 0.253 e. The van der Waals surface area contributed by atoms with Crippen LogP contribution in [0.3, 0.4) is 0 Å². The number of anilines is 1. The van der Waals surface area contributed by atoms with Gasteiger partial charge in [0.25, 0.3) is 5.91 Å². The molecule has 1 unspecified atom stereocenters. The third kappa shape index (κ3) is 3.17. The van der Waals surface area contributed by atoms with Crippen molar-refractivity contribution in [3.8, 4) is 0 Å². The zero-order valence-electron chi connectivity index (χ0n) is 10.3. The Bertz CT molecular complexity index is 407. The van der Waals surface area contributed by atoms with Crippen LogP contribution in [-0.2, 0) is 0 Å². The largest absolute Gasteiger partial charge is 0.349 e. The van der Waals surface area contributed by atoms with E-state index in [0.29, 0.717) is 5.92 Å². The van der Waals surface area contributed by atoms with Crippen LogP contribution in [0, 0.1) is 11.7 Å². The van der Waals surface area contributed by atoms with Crippen LogP contribution in [0.2, 0.25) is 0 Å². The molecule has 0 spiro atoms. The number of nitrogens with two attached hydrogens (primary N) is 1. The van der Waals surface area contributed by atoms with Crippen LogP contribution in [0.1, 0.15) is 31.1 Å². The van der Waals surface area contributed by atoms with Gasteiger partial charge in [-0.2, -0.15) is 0 Å². The number of carbonyl (C=O) groups is 1. The average molecular weight is 239 g/mol. The average Bonchev–Trinajstić information content (AvgIpc) is 2.28. The summed E-state index contributed by atoms with van der Waals surface area (Å²) in [6.07, 6.45) is 0. The normalized spacial score (nSPS) is 12.4. The molecule has 1 amide bonds. The fourth-order valence-electron chi connectivity index (χ4n) is 1.31. The first kappa shape index (κ1) is 13.4. The van der Waals surface area contributed by atoms with Gasteiger partial charge < -0.3 is 10.7 Å². The number of nitrogen functional groups attached to an aromatic ring is 1. The third-order valence-electron chi connectivity index (χ3n) is 2.76. The van der Waals surface area contributed by atoms with E-state index >= 15 is 0 Å². The first-order chi connectivity index (χ1) is 7.97. The summed E-state index contributed by atoms with van der Waals surface area (Å²) in [4.78, 5) is 11.9. The Kier molecular flexibility index (Phi) is 4.45. The second-order valence-electron chi connectivity index (χ2n) is 4.31. The molecule has 1 aromatic rings. The molecular formula is C12H18FN3O. The van der Waals surface area contributed by atoms with Gasteiger partial charge in [-0.25, -0.2) is 4.39 Å². The highest BCUT2D eigenvalue weighted by Crippen LogP contribution is 2.18. The highest BCUT2D eigenvalue weighted by molar-refractivity contribution is 5.99. The molecule has 1 rings (SSSR count). The summed E-state index contributed by atoms with van der Waals surface area (Å²) in [7, 11) is 0. The van der Waals surface area contributed by atoms with Gasteiger partial charge in [0, 0.05) is 6.04 Å². The fraction of sp³-hybridized carbons (Fsp3) is 0.417. The molecule has 0 bridgehead atoms. The quantitative estimate of drug-likeness (QED) is 0.555. The molecule has 17 heavy (non-hydrogen) atoms. The SMILES string of the molecule is CC(C)C(C)NC(=O)c1cccc(F)c1NN. The summed E-state index contributed by atoms with van der Waals surface area (Å²) in [5.41, 5.74) is 2.43. The lowest BCUT2D eigenvalue weighted by Crippen LogP contribution is -2.36. The van der Waals surface area contributed by atoms with Gasteiger partial charge in [-0.05, 0) is 25.0 Å². The fourth-order valence-corrected chi connectivity index (χ4v) is 1.31. The van der Waals surface area contributed by atoms with Crippen molar-refractivity contribution >= 4 is 11.6 Å². The van der Waals surface area contributed by atoms with Crippen molar-refractivity contribution < 1.29 is 9.18 Å². The molecule has 1 aromatic carbocycles. The van der Waals surface area contributed by atoms with Crippen LogP contribution in [0.4, 0.5) is 10.1 Å². The van der Waals surface area contributed by atoms with Gasteiger partial charge in [-0.15, -0.1) is 0 Å². The Labute approximate surface area is 100 Å². The van der Waals surface area contributed by atoms with E-state index in [9.17, 15) is 9.18 Å². The number of benzene rings is 1. The predicted octanol–water partition coefficient (Wildman–Crippen LogP) is 1.89. The van der Waals surface area contributed by atoms with Crippen LogP contribution >= 0.6 is 0 Å². The van der Waals surface area contributed by atoms with Gasteiger partial charge in [-0.1, -0.05) is 19.9 Å². The van der Waals surface area contributed by atoms with Gasteiger partial charge in [-0.3, -0.25) is 10.6 Å². The Morgan fingerprint density at radius 3 is 2.53 bits per heavy atom. The summed E-state index contributed by atoms with van der Waals surface area (Å²) < 4.78 is 13.4. The van der Waals surface area contributed by atoms with Crippen molar-refractivity contribution in [2.45, 2.75) is 26.8 Å². The summed E-state index contributed by atoms with van der Waals surface area (Å²) in [6, 6.07) is 4.26.